The van der Waals surface area contributed by atoms with Gasteiger partial charge in [0.1, 0.15) is 11.6 Å². The van der Waals surface area contributed by atoms with Crippen LogP contribution in [0.15, 0.2) is 65.8 Å². The maximum absolute atomic E-state index is 13.1. The third kappa shape index (κ3) is 3.50. The van der Waals surface area contributed by atoms with Crippen LogP contribution < -0.4 is 11.5 Å². The van der Waals surface area contributed by atoms with Gasteiger partial charge in [0.15, 0.2) is 10.9 Å². The summed E-state index contributed by atoms with van der Waals surface area (Å²) in [6.07, 6.45) is 0. The molecule has 0 aliphatic rings. The Labute approximate surface area is 160 Å². The van der Waals surface area contributed by atoms with E-state index >= 15 is 0 Å². The summed E-state index contributed by atoms with van der Waals surface area (Å²) >= 11 is 1.22. The van der Waals surface area contributed by atoms with Crippen molar-refractivity contribution in [3.63, 3.8) is 0 Å². The van der Waals surface area contributed by atoms with Crippen LogP contribution >= 0.6 is 11.8 Å². The number of hydrogen-bond donors (Lipinski definition) is 3. The molecular weight excluding hydrogens is 358 g/mol. The molecule has 0 aliphatic carbocycles. The summed E-state index contributed by atoms with van der Waals surface area (Å²) in [4.78, 5) is 24.7. The number of nitrogens with one attached hydrogen (secondary N) is 1. The van der Waals surface area contributed by atoms with E-state index in [4.69, 9.17) is 11.5 Å². The Morgan fingerprint density at radius 2 is 1.63 bits per heavy atom. The number of para-hydroxylation sites is 1. The highest BCUT2D eigenvalue weighted by molar-refractivity contribution is 7.99. The molecule has 0 radical (unpaired) electrons. The van der Waals surface area contributed by atoms with Crippen molar-refractivity contribution in [1.29, 1.82) is 0 Å². The summed E-state index contributed by atoms with van der Waals surface area (Å²) in [5, 5.41) is 1.29. The van der Waals surface area contributed by atoms with Crippen LogP contribution in [0.2, 0.25) is 0 Å². The van der Waals surface area contributed by atoms with Gasteiger partial charge in [-0.05, 0) is 11.6 Å². The number of nitrogen functional groups attached to an aromatic ring is 2. The number of thioether (sulfide) groups is 1. The van der Waals surface area contributed by atoms with Gasteiger partial charge in [0, 0.05) is 17.0 Å². The third-order valence-electron chi connectivity index (χ3n) is 4.12. The number of rotatable bonds is 5. The number of anilines is 2. The first-order chi connectivity index (χ1) is 13.1. The van der Waals surface area contributed by atoms with Gasteiger partial charge in [0.05, 0.1) is 17.0 Å². The second-order valence-electron chi connectivity index (χ2n) is 6.00. The molecule has 27 heavy (non-hydrogen) atoms. The molecule has 0 saturated heterocycles. The van der Waals surface area contributed by atoms with Crippen molar-refractivity contribution in [2.45, 2.75) is 5.16 Å². The summed E-state index contributed by atoms with van der Waals surface area (Å²) in [5.74, 6) is 0.745. The molecule has 0 spiro atoms. The van der Waals surface area contributed by atoms with Crippen molar-refractivity contribution in [2.75, 3.05) is 17.2 Å². The zero-order valence-corrected chi connectivity index (χ0v) is 15.2. The summed E-state index contributed by atoms with van der Waals surface area (Å²) in [6, 6.07) is 19.1. The number of fused-ring (bicyclic) bond motifs is 1. The topological polar surface area (TPSA) is 111 Å². The van der Waals surface area contributed by atoms with E-state index in [0.717, 1.165) is 22.2 Å². The van der Waals surface area contributed by atoms with Crippen molar-refractivity contribution in [3.8, 4) is 11.3 Å². The maximum atomic E-state index is 13.1. The van der Waals surface area contributed by atoms with Gasteiger partial charge in [0.2, 0.25) is 0 Å². The fourth-order valence-electron chi connectivity index (χ4n) is 2.98. The molecule has 0 aliphatic heterocycles. The first-order valence-corrected chi connectivity index (χ1v) is 9.32. The molecule has 7 heteroatoms. The smallest absolute Gasteiger partial charge is 0.191 e. The Morgan fingerprint density at radius 3 is 2.37 bits per heavy atom. The van der Waals surface area contributed by atoms with Crippen molar-refractivity contribution < 1.29 is 4.79 Å². The van der Waals surface area contributed by atoms with Gasteiger partial charge >= 0.3 is 0 Å². The summed E-state index contributed by atoms with van der Waals surface area (Å²) < 4.78 is 0. The highest BCUT2D eigenvalue weighted by atomic mass is 32.2. The standard InChI is InChI=1S/C20H17N5OS/c21-16-10-17(22)25-20(24-16)27-11-15(26)18-13-8-4-5-9-14(13)23-19(18)12-6-2-1-3-7-12/h1-10,23H,11H2,(H4,21,22,24,25). The lowest BCUT2D eigenvalue weighted by Crippen LogP contribution is -2.06. The number of hydrogen-bond acceptors (Lipinski definition) is 6. The first kappa shape index (κ1) is 17.1. The van der Waals surface area contributed by atoms with Crippen LogP contribution in [0.5, 0.6) is 0 Å². The SMILES string of the molecule is Nc1cc(N)nc(SCC(=O)c2c(-c3ccccc3)[nH]c3ccccc23)n1. The minimum atomic E-state index is -0.0131. The van der Waals surface area contributed by atoms with E-state index in [1.54, 1.807) is 0 Å². The normalized spacial score (nSPS) is 11.0. The van der Waals surface area contributed by atoms with Crippen molar-refractivity contribution in [2.24, 2.45) is 0 Å². The van der Waals surface area contributed by atoms with Gasteiger partial charge in [-0.2, -0.15) is 0 Å². The Bertz CT molecular complexity index is 1100. The fourth-order valence-corrected chi connectivity index (χ4v) is 3.73. The monoisotopic (exact) mass is 375 g/mol. The van der Waals surface area contributed by atoms with Crippen molar-refractivity contribution in [1.82, 2.24) is 15.0 Å². The summed E-state index contributed by atoms with van der Waals surface area (Å²) in [5.41, 5.74) is 14.8. The number of nitrogens with zero attached hydrogens (tertiary/aromatic N) is 2. The molecule has 0 saturated carbocycles. The second kappa shape index (κ2) is 7.13. The lowest BCUT2D eigenvalue weighted by atomic mass is 10.0. The van der Waals surface area contributed by atoms with Crippen LogP contribution in [0.3, 0.4) is 0 Å². The van der Waals surface area contributed by atoms with Crippen LogP contribution in [-0.2, 0) is 0 Å². The number of Topliss-reactive ketones (excluding diaryl/α,β-unsaturated/α-hetero) is 1. The minimum Gasteiger partial charge on any atom is -0.383 e. The van der Waals surface area contributed by atoms with E-state index < -0.39 is 0 Å². The molecule has 4 rings (SSSR count). The molecular formula is C20H17N5OS. The lowest BCUT2D eigenvalue weighted by Gasteiger charge is -2.05. The zero-order chi connectivity index (χ0) is 18.8. The molecule has 2 aromatic carbocycles. The predicted molar refractivity (Wildman–Crippen MR) is 110 cm³/mol. The van der Waals surface area contributed by atoms with E-state index in [-0.39, 0.29) is 23.2 Å². The van der Waals surface area contributed by atoms with E-state index in [1.807, 2.05) is 54.6 Å². The number of nitrogens with two attached hydrogens (primary N) is 2. The number of H-pyrrole nitrogens is 1. The number of carbonyl (C=O) groups is 1. The zero-order valence-electron chi connectivity index (χ0n) is 14.3. The van der Waals surface area contributed by atoms with Crippen LogP contribution in [-0.4, -0.2) is 26.5 Å². The highest BCUT2D eigenvalue weighted by Gasteiger charge is 2.20. The van der Waals surface area contributed by atoms with Gasteiger partial charge in [0.25, 0.3) is 0 Å². The number of benzene rings is 2. The molecule has 2 aromatic heterocycles. The Balaban J connectivity index is 1.70. The minimum absolute atomic E-state index is 0.0131. The molecule has 2 heterocycles. The molecule has 0 atom stereocenters. The van der Waals surface area contributed by atoms with E-state index in [0.29, 0.717) is 10.7 Å². The van der Waals surface area contributed by atoms with Crippen LogP contribution in [0.1, 0.15) is 10.4 Å². The quantitative estimate of drug-likeness (QED) is 0.278. The van der Waals surface area contributed by atoms with Gasteiger partial charge in [-0.1, -0.05) is 60.3 Å². The Morgan fingerprint density at radius 1 is 0.963 bits per heavy atom. The first-order valence-electron chi connectivity index (χ1n) is 8.34. The van der Waals surface area contributed by atoms with Crippen molar-refractivity contribution in [3.05, 3.63) is 66.2 Å². The predicted octanol–water partition coefficient (Wildman–Crippen LogP) is 3.76. The van der Waals surface area contributed by atoms with Gasteiger partial charge in [-0.25, -0.2) is 9.97 Å². The number of aromatic nitrogens is 3. The number of ketones is 1. The van der Waals surface area contributed by atoms with Gasteiger partial charge in [-0.3, -0.25) is 4.79 Å². The van der Waals surface area contributed by atoms with Crippen LogP contribution in [0, 0.1) is 0 Å². The lowest BCUT2D eigenvalue weighted by molar-refractivity contribution is 0.102. The molecule has 6 nitrogen and oxygen atoms in total. The second-order valence-corrected chi connectivity index (χ2v) is 6.94. The largest absolute Gasteiger partial charge is 0.383 e. The van der Waals surface area contributed by atoms with E-state index in [1.165, 1.54) is 17.8 Å². The van der Waals surface area contributed by atoms with E-state index in [2.05, 4.69) is 15.0 Å². The van der Waals surface area contributed by atoms with Crippen LogP contribution in [0.25, 0.3) is 22.2 Å². The maximum Gasteiger partial charge on any atom is 0.191 e. The highest BCUT2D eigenvalue weighted by Crippen LogP contribution is 2.32. The average molecular weight is 375 g/mol. The fraction of sp³-hybridized carbons (Fsp3) is 0.0500. The average Bonchev–Trinajstić information content (AvgIpc) is 3.06. The Hall–Kier alpha value is -3.32. The molecule has 0 amide bonds. The molecule has 4 aromatic rings. The number of carbonyl (C=O) groups excluding carboxylic acids is 1. The molecule has 5 N–H and O–H groups in total. The third-order valence-corrected chi connectivity index (χ3v) is 4.97. The summed E-state index contributed by atoms with van der Waals surface area (Å²) in [7, 11) is 0. The summed E-state index contributed by atoms with van der Waals surface area (Å²) in [6.45, 7) is 0. The Kier molecular flexibility index (Phi) is 4.52. The van der Waals surface area contributed by atoms with Crippen LogP contribution in [0.4, 0.5) is 11.6 Å². The molecule has 0 fully saturated rings. The number of aromatic amines is 1. The van der Waals surface area contributed by atoms with Gasteiger partial charge in [-0.15, -0.1) is 0 Å². The van der Waals surface area contributed by atoms with E-state index in [9.17, 15) is 4.79 Å². The molecule has 0 unspecified atom stereocenters. The van der Waals surface area contributed by atoms with Crippen molar-refractivity contribution >= 4 is 40.1 Å². The van der Waals surface area contributed by atoms with Gasteiger partial charge < -0.3 is 16.5 Å². The molecule has 0 bridgehead atoms. The molecule has 134 valence electrons.